The van der Waals surface area contributed by atoms with Crippen molar-refractivity contribution in [2.24, 2.45) is 5.92 Å². The van der Waals surface area contributed by atoms with Gasteiger partial charge in [0.1, 0.15) is 5.56 Å². The van der Waals surface area contributed by atoms with Gasteiger partial charge in [0, 0.05) is 42.9 Å². The van der Waals surface area contributed by atoms with Crippen molar-refractivity contribution in [3.63, 3.8) is 0 Å². The Morgan fingerprint density at radius 2 is 1.76 bits per heavy atom. The summed E-state index contributed by atoms with van der Waals surface area (Å²) >= 11 is 0. The van der Waals surface area contributed by atoms with E-state index < -0.39 is 17.2 Å². The predicted octanol–water partition coefficient (Wildman–Crippen LogP) is 0.827. The van der Waals surface area contributed by atoms with E-state index in [2.05, 4.69) is 20.3 Å². The van der Waals surface area contributed by atoms with Crippen LogP contribution in [0.25, 0.3) is 10.9 Å². The first kappa shape index (κ1) is 18.7. The zero-order chi connectivity index (χ0) is 20.4. The summed E-state index contributed by atoms with van der Waals surface area (Å²) in [5.41, 5.74) is 0.131. The lowest BCUT2D eigenvalue weighted by molar-refractivity contribution is 0.0682. The van der Waals surface area contributed by atoms with Crippen LogP contribution in [0.5, 0.6) is 0 Å². The first-order valence-corrected chi connectivity index (χ1v) is 9.48. The van der Waals surface area contributed by atoms with Gasteiger partial charge in [0.15, 0.2) is 0 Å². The van der Waals surface area contributed by atoms with E-state index in [1.165, 1.54) is 0 Å². The molecule has 9 nitrogen and oxygen atoms in total. The maximum absolute atomic E-state index is 12.5. The number of amides is 2. The molecule has 1 aliphatic rings. The van der Waals surface area contributed by atoms with Gasteiger partial charge < -0.3 is 20.2 Å². The highest BCUT2D eigenvalue weighted by Crippen LogP contribution is 2.20. The number of aromatic nitrogens is 3. The Bertz CT molecular complexity index is 1170. The fourth-order valence-corrected chi connectivity index (χ4v) is 3.67. The van der Waals surface area contributed by atoms with Crippen molar-refractivity contribution in [2.75, 3.05) is 19.6 Å². The third-order valence-corrected chi connectivity index (χ3v) is 5.34. The average molecular weight is 395 g/mol. The number of aromatic amines is 3. The van der Waals surface area contributed by atoms with Crippen molar-refractivity contribution in [3.8, 4) is 0 Å². The maximum atomic E-state index is 12.5. The number of rotatable bonds is 4. The molecule has 1 saturated heterocycles. The molecule has 3 heterocycles. The summed E-state index contributed by atoms with van der Waals surface area (Å²) < 4.78 is 0. The average Bonchev–Trinajstić information content (AvgIpc) is 3.16. The van der Waals surface area contributed by atoms with E-state index >= 15 is 0 Å². The van der Waals surface area contributed by atoms with Crippen LogP contribution in [0.4, 0.5) is 0 Å². The van der Waals surface area contributed by atoms with E-state index in [1.807, 2.05) is 24.3 Å². The fraction of sp³-hybridized carbons (Fsp3) is 0.300. The molecule has 0 radical (unpaired) electrons. The third-order valence-electron chi connectivity index (χ3n) is 5.34. The topological polar surface area (TPSA) is 131 Å². The highest BCUT2D eigenvalue weighted by molar-refractivity contribution is 6.06. The summed E-state index contributed by atoms with van der Waals surface area (Å²) in [6.07, 6.45) is 4.31. The highest BCUT2D eigenvalue weighted by atomic mass is 16.2. The van der Waals surface area contributed by atoms with Crippen LogP contribution in [-0.2, 0) is 0 Å². The van der Waals surface area contributed by atoms with Crippen LogP contribution in [0.2, 0.25) is 0 Å². The Balaban J connectivity index is 1.32. The molecule has 4 rings (SSSR count). The third kappa shape index (κ3) is 3.84. The molecule has 0 atom stereocenters. The minimum atomic E-state index is -0.688. The van der Waals surface area contributed by atoms with Gasteiger partial charge in [-0.25, -0.2) is 4.79 Å². The molecule has 0 unspecified atom stereocenters. The molecule has 0 saturated carbocycles. The van der Waals surface area contributed by atoms with Gasteiger partial charge >= 0.3 is 5.69 Å². The summed E-state index contributed by atoms with van der Waals surface area (Å²) in [7, 11) is 0. The van der Waals surface area contributed by atoms with Gasteiger partial charge in [-0.1, -0.05) is 18.2 Å². The first-order valence-electron chi connectivity index (χ1n) is 9.48. The molecule has 1 aliphatic heterocycles. The second-order valence-corrected chi connectivity index (χ2v) is 7.18. The van der Waals surface area contributed by atoms with Gasteiger partial charge in [0.05, 0.1) is 5.56 Å². The Labute approximate surface area is 165 Å². The molecule has 150 valence electrons. The van der Waals surface area contributed by atoms with Crippen LogP contribution in [0, 0.1) is 5.92 Å². The summed E-state index contributed by atoms with van der Waals surface area (Å²) in [5, 5.41) is 3.87. The molecule has 0 spiro atoms. The lowest BCUT2D eigenvalue weighted by Gasteiger charge is -2.31. The number of H-pyrrole nitrogens is 3. The lowest BCUT2D eigenvalue weighted by Crippen LogP contribution is -2.43. The number of hydrogen-bond donors (Lipinski definition) is 4. The van der Waals surface area contributed by atoms with Crippen LogP contribution < -0.4 is 16.6 Å². The summed E-state index contributed by atoms with van der Waals surface area (Å²) in [6.45, 7) is 1.51. The van der Waals surface area contributed by atoms with Gasteiger partial charge in [-0.15, -0.1) is 0 Å². The smallest absolute Gasteiger partial charge is 0.325 e. The first-order chi connectivity index (χ1) is 14.0. The molecule has 9 heteroatoms. The molecule has 0 bridgehead atoms. The molecule has 2 aromatic heterocycles. The van der Waals surface area contributed by atoms with Crippen molar-refractivity contribution >= 4 is 22.7 Å². The number of piperidine rings is 1. The van der Waals surface area contributed by atoms with E-state index in [-0.39, 0.29) is 17.4 Å². The Morgan fingerprint density at radius 3 is 2.52 bits per heavy atom. The molecule has 2 amide bonds. The maximum Gasteiger partial charge on any atom is 0.325 e. The predicted molar refractivity (Wildman–Crippen MR) is 107 cm³/mol. The van der Waals surface area contributed by atoms with Crippen LogP contribution >= 0.6 is 0 Å². The minimum absolute atomic E-state index is 0.0734. The zero-order valence-electron chi connectivity index (χ0n) is 15.7. The van der Waals surface area contributed by atoms with E-state index in [4.69, 9.17) is 0 Å². The van der Waals surface area contributed by atoms with Crippen molar-refractivity contribution in [1.29, 1.82) is 0 Å². The largest absolute Gasteiger partial charge is 0.360 e. The van der Waals surface area contributed by atoms with Crippen LogP contribution in [0.3, 0.4) is 0 Å². The molecule has 0 aliphatic carbocycles. The number of nitrogens with zero attached hydrogens (tertiary/aromatic N) is 1. The second-order valence-electron chi connectivity index (χ2n) is 7.18. The number of nitrogens with one attached hydrogen (secondary N) is 4. The summed E-state index contributed by atoms with van der Waals surface area (Å²) in [6, 6.07) is 7.64. The van der Waals surface area contributed by atoms with Gasteiger partial charge in [-0.3, -0.25) is 19.4 Å². The van der Waals surface area contributed by atoms with E-state index in [9.17, 15) is 19.2 Å². The molecule has 1 fully saturated rings. The molecule has 3 aromatic rings. The standard InChI is InChI=1S/C20H21N5O4/c26-17(14-10-21-16-4-2-1-3-13(14)16)22-9-12-5-7-25(8-6-12)19(28)15-11-23-20(29)24-18(15)27/h1-4,10-12,21H,5-9H2,(H,22,26)(H2,23,24,27,29). The van der Waals surface area contributed by atoms with E-state index in [1.54, 1.807) is 11.1 Å². The highest BCUT2D eigenvalue weighted by Gasteiger charge is 2.25. The van der Waals surface area contributed by atoms with Crippen LogP contribution in [0.15, 0.2) is 46.2 Å². The number of carbonyl (C=O) groups excluding carboxylic acids is 2. The summed E-state index contributed by atoms with van der Waals surface area (Å²) in [5.74, 6) is -0.272. The van der Waals surface area contributed by atoms with Gasteiger partial charge in [0.2, 0.25) is 0 Å². The monoisotopic (exact) mass is 395 g/mol. The van der Waals surface area contributed by atoms with E-state index in [0.29, 0.717) is 25.2 Å². The van der Waals surface area contributed by atoms with Crippen molar-refractivity contribution in [3.05, 3.63) is 68.6 Å². The number of likely N-dealkylation sites (tertiary alicyclic amines) is 1. The zero-order valence-corrected chi connectivity index (χ0v) is 15.7. The van der Waals surface area contributed by atoms with E-state index in [0.717, 1.165) is 29.9 Å². The number of benzene rings is 1. The molecule has 4 N–H and O–H groups in total. The van der Waals surface area contributed by atoms with Gasteiger partial charge in [0.25, 0.3) is 17.4 Å². The van der Waals surface area contributed by atoms with Crippen LogP contribution in [-0.4, -0.2) is 51.3 Å². The van der Waals surface area contributed by atoms with Gasteiger partial charge in [-0.05, 0) is 24.8 Å². The Kier molecular flexibility index (Phi) is 5.03. The molecule has 29 heavy (non-hydrogen) atoms. The van der Waals surface area contributed by atoms with Crippen molar-refractivity contribution < 1.29 is 9.59 Å². The van der Waals surface area contributed by atoms with Crippen molar-refractivity contribution in [2.45, 2.75) is 12.8 Å². The molecular weight excluding hydrogens is 374 g/mol. The Morgan fingerprint density at radius 1 is 1.03 bits per heavy atom. The molecule has 1 aromatic carbocycles. The van der Waals surface area contributed by atoms with Gasteiger partial charge in [-0.2, -0.15) is 0 Å². The number of carbonyl (C=O) groups is 2. The quantitative estimate of drug-likeness (QED) is 0.521. The second kappa shape index (κ2) is 7.78. The van der Waals surface area contributed by atoms with Crippen molar-refractivity contribution in [1.82, 2.24) is 25.2 Å². The normalized spacial score (nSPS) is 14.8. The SMILES string of the molecule is O=C(NCC1CCN(C(=O)c2c[nH]c(=O)[nH]c2=O)CC1)c1c[nH]c2ccccc12. The molecular formula is C20H21N5O4. The fourth-order valence-electron chi connectivity index (χ4n) is 3.67. The van der Waals surface area contributed by atoms with Crippen LogP contribution in [0.1, 0.15) is 33.6 Å². The number of hydrogen-bond acceptors (Lipinski definition) is 4. The number of para-hydroxylation sites is 1. The summed E-state index contributed by atoms with van der Waals surface area (Å²) in [4.78, 5) is 57.0. The Hall–Kier alpha value is -3.62. The minimum Gasteiger partial charge on any atom is -0.360 e. The lowest BCUT2D eigenvalue weighted by atomic mass is 9.96. The number of fused-ring (bicyclic) bond motifs is 1.